The highest BCUT2D eigenvalue weighted by Crippen LogP contribution is 2.27. The summed E-state index contributed by atoms with van der Waals surface area (Å²) in [5.74, 6) is 3.27. The summed E-state index contributed by atoms with van der Waals surface area (Å²) in [5, 5.41) is 0. The number of hydrogen-bond acceptors (Lipinski definition) is 3. The van der Waals surface area contributed by atoms with Crippen LogP contribution < -0.4 is 0 Å². The monoisotopic (exact) mass is 275 g/mol. The van der Waals surface area contributed by atoms with Gasteiger partial charge in [-0.2, -0.15) is 0 Å². The lowest BCUT2D eigenvalue weighted by Crippen LogP contribution is -2.35. The van der Waals surface area contributed by atoms with Gasteiger partial charge in [-0.3, -0.25) is 4.90 Å². The zero-order chi connectivity index (χ0) is 14.5. The van der Waals surface area contributed by atoms with Crippen LogP contribution in [0.25, 0.3) is 0 Å². The first-order valence-corrected chi connectivity index (χ1v) is 8.13. The second kappa shape index (κ2) is 7.16. The SMILES string of the molecule is CCC(C)C1CCN(Cc2ncc(C(C)C)cn2)CC1. The zero-order valence-electron chi connectivity index (χ0n) is 13.5. The molecule has 2 rings (SSSR count). The molecule has 1 atom stereocenters. The smallest absolute Gasteiger partial charge is 0.142 e. The molecule has 0 N–H and O–H groups in total. The molecule has 0 amide bonds. The van der Waals surface area contributed by atoms with Gasteiger partial charge in [0.25, 0.3) is 0 Å². The molecular formula is C17H29N3. The van der Waals surface area contributed by atoms with Crippen LogP contribution in [0.1, 0.15) is 64.3 Å². The molecule has 20 heavy (non-hydrogen) atoms. The van der Waals surface area contributed by atoms with E-state index >= 15 is 0 Å². The topological polar surface area (TPSA) is 29.0 Å². The van der Waals surface area contributed by atoms with Crippen LogP contribution in [0.4, 0.5) is 0 Å². The second-order valence-electron chi connectivity index (χ2n) is 6.59. The normalized spacial score (nSPS) is 19.4. The molecule has 0 aliphatic carbocycles. The van der Waals surface area contributed by atoms with Gasteiger partial charge < -0.3 is 0 Å². The van der Waals surface area contributed by atoms with Crippen molar-refractivity contribution in [2.45, 2.75) is 59.4 Å². The number of rotatable bonds is 5. The van der Waals surface area contributed by atoms with Crippen LogP contribution in [0, 0.1) is 11.8 Å². The Morgan fingerprint density at radius 3 is 2.25 bits per heavy atom. The molecule has 0 radical (unpaired) electrons. The molecule has 1 saturated heterocycles. The fraction of sp³-hybridized carbons (Fsp3) is 0.765. The highest BCUT2D eigenvalue weighted by molar-refractivity contribution is 5.09. The highest BCUT2D eigenvalue weighted by atomic mass is 15.1. The third-order valence-electron chi connectivity index (χ3n) is 4.84. The van der Waals surface area contributed by atoms with Crippen LogP contribution >= 0.6 is 0 Å². The average Bonchev–Trinajstić information content (AvgIpc) is 2.48. The molecule has 2 heterocycles. The van der Waals surface area contributed by atoms with Gasteiger partial charge >= 0.3 is 0 Å². The fourth-order valence-electron chi connectivity index (χ4n) is 2.96. The quantitative estimate of drug-likeness (QED) is 0.817. The third-order valence-corrected chi connectivity index (χ3v) is 4.84. The van der Waals surface area contributed by atoms with Crippen molar-refractivity contribution in [2.75, 3.05) is 13.1 Å². The van der Waals surface area contributed by atoms with Crippen molar-refractivity contribution in [1.82, 2.24) is 14.9 Å². The minimum absolute atomic E-state index is 0.510. The Bertz CT molecular complexity index is 391. The van der Waals surface area contributed by atoms with Crippen molar-refractivity contribution in [3.8, 4) is 0 Å². The van der Waals surface area contributed by atoms with Gasteiger partial charge in [-0.1, -0.05) is 34.1 Å². The van der Waals surface area contributed by atoms with Gasteiger partial charge in [0, 0.05) is 12.4 Å². The van der Waals surface area contributed by atoms with E-state index in [1.165, 1.54) is 37.9 Å². The maximum Gasteiger partial charge on any atom is 0.142 e. The Kier molecular flexibility index (Phi) is 5.53. The predicted molar refractivity (Wildman–Crippen MR) is 83.6 cm³/mol. The summed E-state index contributed by atoms with van der Waals surface area (Å²) in [6.45, 7) is 12.4. The molecule has 1 aromatic rings. The summed E-state index contributed by atoms with van der Waals surface area (Å²) in [5.41, 5.74) is 1.23. The Balaban J connectivity index is 1.83. The highest BCUT2D eigenvalue weighted by Gasteiger charge is 2.23. The largest absolute Gasteiger partial charge is 0.296 e. The lowest BCUT2D eigenvalue weighted by molar-refractivity contribution is 0.142. The number of aromatic nitrogens is 2. The van der Waals surface area contributed by atoms with Crippen LogP contribution in [-0.2, 0) is 6.54 Å². The van der Waals surface area contributed by atoms with Gasteiger partial charge in [-0.15, -0.1) is 0 Å². The van der Waals surface area contributed by atoms with E-state index in [0.29, 0.717) is 5.92 Å². The van der Waals surface area contributed by atoms with E-state index in [-0.39, 0.29) is 0 Å². The second-order valence-corrected chi connectivity index (χ2v) is 6.59. The van der Waals surface area contributed by atoms with E-state index in [1.54, 1.807) is 0 Å². The summed E-state index contributed by atoms with van der Waals surface area (Å²) in [7, 11) is 0. The minimum Gasteiger partial charge on any atom is -0.296 e. The van der Waals surface area contributed by atoms with Crippen LogP contribution in [0.3, 0.4) is 0 Å². The summed E-state index contributed by atoms with van der Waals surface area (Å²) >= 11 is 0. The molecule has 1 fully saturated rings. The number of nitrogens with zero attached hydrogens (tertiary/aromatic N) is 3. The van der Waals surface area contributed by atoms with E-state index in [1.807, 2.05) is 12.4 Å². The zero-order valence-corrected chi connectivity index (χ0v) is 13.5. The maximum absolute atomic E-state index is 4.51. The van der Waals surface area contributed by atoms with Crippen LogP contribution in [-0.4, -0.2) is 28.0 Å². The van der Waals surface area contributed by atoms with Gasteiger partial charge in [-0.25, -0.2) is 9.97 Å². The molecule has 0 aromatic carbocycles. The molecule has 1 unspecified atom stereocenters. The van der Waals surface area contributed by atoms with Crippen molar-refractivity contribution < 1.29 is 0 Å². The predicted octanol–water partition coefficient (Wildman–Crippen LogP) is 3.86. The summed E-state index contributed by atoms with van der Waals surface area (Å²) in [4.78, 5) is 11.5. The molecule has 3 heteroatoms. The van der Waals surface area contributed by atoms with E-state index in [0.717, 1.165) is 24.2 Å². The Labute approximate surface area is 123 Å². The van der Waals surface area contributed by atoms with Crippen molar-refractivity contribution in [3.05, 3.63) is 23.8 Å². The maximum atomic E-state index is 4.51. The molecule has 0 spiro atoms. The van der Waals surface area contributed by atoms with E-state index in [4.69, 9.17) is 0 Å². The van der Waals surface area contributed by atoms with Crippen LogP contribution in [0.5, 0.6) is 0 Å². The number of likely N-dealkylation sites (tertiary alicyclic amines) is 1. The van der Waals surface area contributed by atoms with Crippen molar-refractivity contribution in [2.24, 2.45) is 11.8 Å². The molecule has 1 aliphatic rings. The van der Waals surface area contributed by atoms with Gasteiger partial charge in [0.15, 0.2) is 0 Å². The first-order chi connectivity index (χ1) is 9.60. The lowest BCUT2D eigenvalue weighted by Gasteiger charge is -2.34. The lowest BCUT2D eigenvalue weighted by atomic mass is 9.84. The van der Waals surface area contributed by atoms with Crippen molar-refractivity contribution in [3.63, 3.8) is 0 Å². The van der Waals surface area contributed by atoms with E-state index in [9.17, 15) is 0 Å². The Morgan fingerprint density at radius 2 is 1.75 bits per heavy atom. The summed E-state index contributed by atoms with van der Waals surface area (Å²) < 4.78 is 0. The molecular weight excluding hydrogens is 246 g/mol. The van der Waals surface area contributed by atoms with Crippen molar-refractivity contribution >= 4 is 0 Å². The molecule has 112 valence electrons. The van der Waals surface area contributed by atoms with Gasteiger partial charge in [0.05, 0.1) is 6.54 Å². The third kappa shape index (κ3) is 4.02. The molecule has 1 aromatic heterocycles. The standard InChI is InChI=1S/C17H29N3/c1-5-14(4)15-6-8-20(9-7-15)12-17-18-10-16(11-19-17)13(2)3/h10-11,13-15H,5-9,12H2,1-4H3. The minimum atomic E-state index is 0.510. The molecule has 3 nitrogen and oxygen atoms in total. The first kappa shape index (κ1) is 15.4. The Morgan fingerprint density at radius 1 is 1.15 bits per heavy atom. The fourth-order valence-corrected chi connectivity index (χ4v) is 2.96. The van der Waals surface area contributed by atoms with Gasteiger partial charge in [0.1, 0.15) is 5.82 Å². The summed E-state index contributed by atoms with van der Waals surface area (Å²) in [6.07, 6.45) is 7.94. The van der Waals surface area contributed by atoms with Gasteiger partial charge in [0.2, 0.25) is 0 Å². The van der Waals surface area contributed by atoms with Gasteiger partial charge in [-0.05, 0) is 49.2 Å². The van der Waals surface area contributed by atoms with E-state index < -0.39 is 0 Å². The van der Waals surface area contributed by atoms with E-state index in [2.05, 4.69) is 42.6 Å². The molecule has 0 saturated carbocycles. The molecule has 1 aliphatic heterocycles. The van der Waals surface area contributed by atoms with Crippen LogP contribution in [0.15, 0.2) is 12.4 Å². The van der Waals surface area contributed by atoms with Crippen molar-refractivity contribution in [1.29, 1.82) is 0 Å². The molecule has 0 bridgehead atoms. The Hall–Kier alpha value is -0.960. The number of hydrogen-bond donors (Lipinski definition) is 0. The first-order valence-electron chi connectivity index (χ1n) is 8.13. The summed E-state index contributed by atoms with van der Waals surface area (Å²) in [6, 6.07) is 0. The average molecular weight is 275 g/mol. The number of piperidine rings is 1. The van der Waals surface area contributed by atoms with Crippen LogP contribution in [0.2, 0.25) is 0 Å².